The lowest BCUT2D eigenvalue weighted by Crippen LogP contribution is -2.35. The van der Waals surface area contributed by atoms with E-state index in [2.05, 4.69) is 4.98 Å². The summed E-state index contributed by atoms with van der Waals surface area (Å²) in [6.07, 6.45) is 1.75. The fourth-order valence-electron chi connectivity index (χ4n) is 2.50. The summed E-state index contributed by atoms with van der Waals surface area (Å²) < 4.78 is 10.8. The second-order valence-electron chi connectivity index (χ2n) is 5.51. The van der Waals surface area contributed by atoms with Gasteiger partial charge >= 0.3 is 0 Å². The van der Waals surface area contributed by atoms with E-state index < -0.39 is 5.72 Å². The Morgan fingerprint density at radius 3 is 2.74 bits per heavy atom. The molecule has 0 fully saturated rings. The molecule has 118 valence electrons. The maximum Gasteiger partial charge on any atom is 0.295 e. The minimum absolute atomic E-state index is 0.356. The van der Waals surface area contributed by atoms with Crippen molar-refractivity contribution in [2.75, 3.05) is 0 Å². The average molecular weight is 310 g/mol. The van der Waals surface area contributed by atoms with Crippen LogP contribution in [0.4, 0.5) is 0 Å². The SMILES string of the molecule is CC(N)(OC=O)c1c[nH]c2ccc(OCc3ccccc3)cc12. The molecule has 1 aromatic heterocycles. The third-order valence-electron chi connectivity index (χ3n) is 3.73. The number of ether oxygens (including phenoxy) is 2. The molecule has 0 aliphatic rings. The highest BCUT2D eigenvalue weighted by Crippen LogP contribution is 2.30. The van der Waals surface area contributed by atoms with E-state index in [4.69, 9.17) is 15.2 Å². The van der Waals surface area contributed by atoms with Crippen molar-refractivity contribution in [2.24, 2.45) is 5.73 Å². The van der Waals surface area contributed by atoms with E-state index in [0.717, 1.165) is 22.2 Å². The van der Waals surface area contributed by atoms with Gasteiger partial charge in [0.15, 0.2) is 5.72 Å². The Balaban J connectivity index is 1.87. The minimum Gasteiger partial charge on any atom is -0.489 e. The molecule has 0 radical (unpaired) electrons. The maximum absolute atomic E-state index is 10.6. The van der Waals surface area contributed by atoms with E-state index in [9.17, 15) is 4.79 Å². The number of fused-ring (bicyclic) bond motifs is 1. The largest absolute Gasteiger partial charge is 0.489 e. The van der Waals surface area contributed by atoms with Crippen molar-refractivity contribution < 1.29 is 14.3 Å². The fourth-order valence-corrected chi connectivity index (χ4v) is 2.50. The van der Waals surface area contributed by atoms with E-state index in [-0.39, 0.29) is 0 Å². The summed E-state index contributed by atoms with van der Waals surface area (Å²) in [6, 6.07) is 15.6. The quantitative estimate of drug-likeness (QED) is 0.542. The molecule has 3 N–H and O–H groups in total. The van der Waals surface area contributed by atoms with E-state index in [1.165, 1.54) is 0 Å². The van der Waals surface area contributed by atoms with Crippen LogP contribution in [0.25, 0.3) is 10.9 Å². The van der Waals surface area contributed by atoms with E-state index >= 15 is 0 Å². The smallest absolute Gasteiger partial charge is 0.295 e. The number of rotatable bonds is 6. The van der Waals surface area contributed by atoms with Crippen molar-refractivity contribution in [1.29, 1.82) is 0 Å². The maximum atomic E-state index is 10.6. The van der Waals surface area contributed by atoms with Crippen LogP contribution in [-0.2, 0) is 21.9 Å². The molecule has 2 aromatic carbocycles. The van der Waals surface area contributed by atoms with Gasteiger partial charge in [-0.25, -0.2) is 0 Å². The van der Waals surface area contributed by atoms with E-state index in [1.54, 1.807) is 13.1 Å². The van der Waals surface area contributed by atoms with Crippen molar-refractivity contribution in [3.8, 4) is 5.75 Å². The molecule has 3 rings (SSSR count). The number of carbonyl (C=O) groups is 1. The number of H-pyrrole nitrogens is 1. The summed E-state index contributed by atoms with van der Waals surface area (Å²) in [4.78, 5) is 13.8. The Morgan fingerprint density at radius 2 is 2.00 bits per heavy atom. The lowest BCUT2D eigenvalue weighted by molar-refractivity contribution is -0.142. The number of hydrogen-bond donors (Lipinski definition) is 2. The molecule has 1 atom stereocenters. The molecule has 0 aliphatic carbocycles. The Morgan fingerprint density at radius 1 is 1.22 bits per heavy atom. The summed E-state index contributed by atoms with van der Waals surface area (Å²) in [7, 11) is 0. The zero-order chi connectivity index (χ0) is 16.3. The Kier molecular flexibility index (Phi) is 4.04. The van der Waals surface area contributed by atoms with Gasteiger partial charge in [-0.3, -0.25) is 10.5 Å². The fraction of sp³-hybridized carbons (Fsp3) is 0.167. The first-order valence-corrected chi connectivity index (χ1v) is 7.29. The summed E-state index contributed by atoms with van der Waals surface area (Å²) in [6.45, 7) is 2.48. The molecule has 0 amide bonds. The highest BCUT2D eigenvalue weighted by atomic mass is 16.5. The van der Waals surface area contributed by atoms with Gasteiger partial charge in [0.05, 0.1) is 0 Å². The molecule has 23 heavy (non-hydrogen) atoms. The van der Waals surface area contributed by atoms with Crippen LogP contribution in [0.15, 0.2) is 54.7 Å². The first kappa shape index (κ1) is 15.1. The standard InChI is InChI=1S/C18H18N2O3/c1-18(19,23-12-21)16-10-20-17-8-7-14(9-15(16)17)22-11-13-5-3-2-4-6-13/h2-10,12,20H,11,19H2,1H3. The summed E-state index contributed by atoms with van der Waals surface area (Å²) in [5.74, 6) is 0.726. The van der Waals surface area contributed by atoms with Crippen LogP contribution in [0.2, 0.25) is 0 Å². The number of aromatic nitrogens is 1. The zero-order valence-electron chi connectivity index (χ0n) is 12.8. The lowest BCUT2D eigenvalue weighted by atomic mass is 10.0. The molecule has 1 unspecified atom stereocenters. The number of nitrogens with two attached hydrogens (primary N) is 1. The van der Waals surface area contributed by atoms with Crippen LogP contribution in [-0.4, -0.2) is 11.5 Å². The summed E-state index contributed by atoms with van der Waals surface area (Å²) in [5, 5.41) is 0.863. The first-order chi connectivity index (χ1) is 11.1. The van der Waals surface area contributed by atoms with Crippen LogP contribution in [0, 0.1) is 0 Å². The van der Waals surface area contributed by atoms with Gasteiger partial charge in [0.1, 0.15) is 12.4 Å². The van der Waals surface area contributed by atoms with Crippen molar-refractivity contribution >= 4 is 17.4 Å². The molecule has 5 nitrogen and oxygen atoms in total. The number of benzene rings is 2. The van der Waals surface area contributed by atoms with Crippen molar-refractivity contribution in [3.05, 3.63) is 65.9 Å². The van der Waals surface area contributed by atoms with E-state index in [1.807, 2.05) is 48.5 Å². The monoisotopic (exact) mass is 310 g/mol. The first-order valence-electron chi connectivity index (χ1n) is 7.29. The van der Waals surface area contributed by atoms with E-state index in [0.29, 0.717) is 18.6 Å². The number of carbonyl (C=O) groups excluding carboxylic acids is 1. The molecule has 5 heteroatoms. The molecule has 1 heterocycles. The molecule has 0 saturated heterocycles. The summed E-state index contributed by atoms with van der Waals surface area (Å²) in [5.41, 5.74) is 7.56. The van der Waals surface area contributed by atoms with Crippen LogP contribution in [0.3, 0.4) is 0 Å². The molecule has 0 aliphatic heterocycles. The third-order valence-corrected chi connectivity index (χ3v) is 3.73. The molecule has 0 spiro atoms. The highest BCUT2D eigenvalue weighted by molar-refractivity contribution is 5.85. The second-order valence-corrected chi connectivity index (χ2v) is 5.51. The highest BCUT2D eigenvalue weighted by Gasteiger charge is 2.26. The Hall–Kier alpha value is -2.79. The predicted octanol–water partition coefficient (Wildman–Crippen LogP) is 3.05. The van der Waals surface area contributed by atoms with Gasteiger partial charge in [-0.05, 0) is 30.7 Å². The van der Waals surface area contributed by atoms with Crippen LogP contribution in [0.1, 0.15) is 18.1 Å². The number of hydrogen-bond acceptors (Lipinski definition) is 4. The molecule has 3 aromatic rings. The van der Waals surface area contributed by atoms with Crippen LogP contribution >= 0.6 is 0 Å². The van der Waals surface area contributed by atoms with Gasteiger partial charge in [0, 0.05) is 22.7 Å². The normalized spacial score (nSPS) is 13.5. The molecule has 0 bridgehead atoms. The van der Waals surface area contributed by atoms with Gasteiger partial charge < -0.3 is 14.5 Å². The lowest BCUT2D eigenvalue weighted by Gasteiger charge is -2.21. The third kappa shape index (κ3) is 3.19. The number of aromatic amines is 1. The average Bonchev–Trinajstić information content (AvgIpc) is 2.98. The predicted molar refractivity (Wildman–Crippen MR) is 87.8 cm³/mol. The van der Waals surface area contributed by atoms with Crippen molar-refractivity contribution in [3.63, 3.8) is 0 Å². The minimum atomic E-state index is -1.20. The van der Waals surface area contributed by atoms with Gasteiger partial charge in [0.25, 0.3) is 6.47 Å². The van der Waals surface area contributed by atoms with Gasteiger partial charge in [-0.15, -0.1) is 0 Å². The summed E-state index contributed by atoms with van der Waals surface area (Å²) >= 11 is 0. The van der Waals surface area contributed by atoms with Gasteiger partial charge in [-0.1, -0.05) is 30.3 Å². The van der Waals surface area contributed by atoms with Gasteiger partial charge in [-0.2, -0.15) is 0 Å². The number of nitrogens with one attached hydrogen (secondary N) is 1. The van der Waals surface area contributed by atoms with Crippen LogP contribution in [0.5, 0.6) is 5.75 Å². The topological polar surface area (TPSA) is 77.3 Å². The molecular weight excluding hydrogens is 292 g/mol. The Bertz CT molecular complexity index is 810. The second kappa shape index (κ2) is 6.14. The van der Waals surface area contributed by atoms with Crippen LogP contribution < -0.4 is 10.5 Å². The Labute approximate surface area is 134 Å². The molecular formula is C18H18N2O3. The molecule has 0 saturated carbocycles. The van der Waals surface area contributed by atoms with Crippen molar-refractivity contribution in [1.82, 2.24) is 4.98 Å². The van der Waals surface area contributed by atoms with Crippen molar-refractivity contribution in [2.45, 2.75) is 19.3 Å². The zero-order valence-corrected chi connectivity index (χ0v) is 12.8. The van der Waals surface area contributed by atoms with Gasteiger partial charge in [0.2, 0.25) is 0 Å².